The molecular weight excluding hydrogens is 352 g/mol. The summed E-state index contributed by atoms with van der Waals surface area (Å²) in [6.07, 6.45) is 3.90. The van der Waals surface area contributed by atoms with Gasteiger partial charge < -0.3 is 9.47 Å². The van der Waals surface area contributed by atoms with Gasteiger partial charge in [0.1, 0.15) is 5.76 Å². The highest BCUT2D eigenvalue weighted by molar-refractivity contribution is 5.96. The number of carbonyl (C=O) groups is 1. The van der Waals surface area contributed by atoms with E-state index in [2.05, 4.69) is 23.2 Å². The number of rotatable bonds is 2. The summed E-state index contributed by atoms with van der Waals surface area (Å²) >= 11 is 0. The molecule has 1 aliphatic heterocycles. The number of hydrogen-bond acceptors (Lipinski definition) is 4. The number of benzene rings is 2. The second kappa shape index (κ2) is 6.39. The fraction of sp³-hybridized carbons (Fsp3) is 0.0435. The molecule has 0 unspecified atom stereocenters. The van der Waals surface area contributed by atoms with Crippen molar-refractivity contribution in [2.75, 3.05) is 0 Å². The molecule has 2 aromatic heterocycles. The molecule has 0 saturated heterocycles. The monoisotopic (exact) mass is 368 g/mol. The van der Waals surface area contributed by atoms with E-state index in [9.17, 15) is 4.79 Å². The first-order valence-electron chi connectivity index (χ1n) is 8.94. The molecule has 4 aromatic rings. The molecule has 0 N–H and O–H groups in total. The Bertz CT molecular complexity index is 1250. The second-order valence-electron chi connectivity index (χ2n) is 6.51. The number of esters is 1. The molecule has 3 heterocycles. The van der Waals surface area contributed by atoms with Gasteiger partial charge in [0.2, 0.25) is 5.88 Å². The number of hydrogen-bond donors (Lipinski definition) is 0. The maximum atomic E-state index is 11.3. The third-order valence-corrected chi connectivity index (χ3v) is 4.62. The fourth-order valence-corrected chi connectivity index (χ4v) is 3.43. The van der Waals surface area contributed by atoms with Gasteiger partial charge in [0.25, 0.3) is 0 Å². The minimum absolute atomic E-state index is 0.239. The van der Waals surface area contributed by atoms with Crippen molar-refractivity contribution in [3.8, 4) is 17.4 Å². The number of fused-ring (bicyclic) bond motifs is 4. The van der Waals surface area contributed by atoms with Crippen LogP contribution in [0.15, 0.2) is 72.9 Å². The smallest absolute Gasteiger partial charge is 0.309 e. The third-order valence-electron chi connectivity index (χ3n) is 4.62. The Hall–Kier alpha value is -3.86. The van der Waals surface area contributed by atoms with Crippen LogP contribution in [0.1, 0.15) is 18.2 Å². The molecule has 0 fully saturated rings. The SMILES string of the molecule is CC(=O)Oc1ccc2c(n1)-n1cccc1C=C(c1cccc3ccccc13)O2. The molecule has 0 saturated carbocycles. The first kappa shape index (κ1) is 16.3. The fourth-order valence-electron chi connectivity index (χ4n) is 3.43. The quantitative estimate of drug-likeness (QED) is 0.475. The topological polar surface area (TPSA) is 53.3 Å². The molecule has 5 rings (SSSR count). The van der Waals surface area contributed by atoms with E-state index in [1.54, 1.807) is 12.1 Å². The Labute approximate surface area is 161 Å². The largest absolute Gasteiger partial charge is 0.453 e. The molecule has 2 aromatic carbocycles. The van der Waals surface area contributed by atoms with E-state index in [-0.39, 0.29) is 5.88 Å². The molecule has 0 atom stereocenters. The highest BCUT2D eigenvalue weighted by Gasteiger charge is 2.20. The summed E-state index contributed by atoms with van der Waals surface area (Å²) in [5.41, 5.74) is 1.93. The average Bonchev–Trinajstić information content (AvgIpc) is 3.10. The van der Waals surface area contributed by atoms with Gasteiger partial charge in [-0.15, -0.1) is 0 Å². The van der Waals surface area contributed by atoms with Crippen LogP contribution in [0.2, 0.25) is 0 Å². The summed E-state index contributed by atoms with van der Waals surface area (Å²) in [5, 5.41) is 2.26. The average molecular weight is 368 g/mol. The molecule has 28 heavy (non-hydrogen) atoms. The Morgan fingerprint density at radius 2 is 1.86 bits per heavy atom. The van der Waals surface area contributed by atoms with Crippen LogP contribution in [-0.4, -0.2) is 15.5 Å². The van der Waals surface area contributed by atoms with Crippen molar-refractivity contribution in [1.82, 2.24) is 9.55 Å². The van der Waals surface area contributed by atoms with E-state index in [0.29, 0.717) is 11.6 Å². The van der Waals surface area contributed by atoms with Crippen molar-refractivity contribution in [3.63, 3.8) is 0 Å². The third kappa shape index (κ3) is 2.74. The molecule has 1 aliphatic rings. The van der Waals surface area contributed by atoms with Crippen LogP contribution in [-0.2, 0) is 4.79 Å². The van der Waals surface area contributed by atoms with Gasteiger partial charge in [0.05, 0.1) is 5.69 Å². The van der Waals surface area contributed by atoms with Gasteiger partial charge in [0.15, 0.2) is 11.6 Å². The Kier molecular flexibility index (Phi) is 3.72. The van der Waals surface area contributed by atoms with Crippen molar-refractivity contribution < 1.29 is 14.3 Å². The standard InChI is InChI=1S/C23H16N2O3/c1-15(26)27-22-12-11-20-23(24-22)25-13-5-8-17(25)14-21(28-20)19-10-4-7-16-6-2-3-9-18(16)19/h2-14H,1H3. The lowest BCUT2D eigenvalue weighted by atomic mass is 10.0. The first-order chi connectivity index (χ1) is 13.7. The minimum Gasteiger partial charge on any atom is -0.453 e. The Morgan fingerprint density at radius 3 is 2.75 bits per heavy atom. The van der Waals surface area contributed by atoms with E-state index in [0.717, 1.165) is 27.8 Å². The van der Waals surface area contributed by atoms with Crippen LogP contribution in [0, 0.1) is 0 Å². The van der Waals surface area contributed by atoms with Gasteiger partial charge in [-0.3, -0.25) is 9.36 Å². The predicted molar refractivity (Wildman–Crippen MR) is 107 cm³/mol. The maximum absolute atomic E-state index is 11.3. The predicted octanol–water partition coefficient (Wildman–Crippen LogP) is 4.84. The van der Waals surface area contributed by atoms with Crippen molar-refractivity contribution in [2.24, 2.45) is 0 Å². The maximum Gasteiger partial charge on any atom is 0.309 e. The zero-order valence-corrected chi connectivity index (χ0v) is 15.1. The van der Waals surface area contributed by atoms with Gasteiger partial charge in [-0.2, -0.15) is 4.98 Å². The number of aromatic nitrogens is 2. The van der Waals surface area contributed by atoms with Crippen LogP contribution < -0.4 is 9.47 Å². The van der Waals surface area contributed by atoms with Crippen molar-refractivity contribution in [1.29, 1.82) is 0 Å². The summed E-state index contributed by atoms with van der Waals surface area (Å²) in [4.78, 5) is 15.8. The van der Waals surface area contributed by atoms with Crippen LogP contribution >= 0.6 is 0 Å². The molecule has 5 heteroatoms. The summed E-state index contributed by atoms with van der Waals surface area (Å²) in [5.74, 6) is 1.72. The minimum atomic E-state index is -0.413. The van der Waals surface area contributed by atoms with Crippen LogP contribution in [0.5, 0.6) is 11.6 Å². The van der Waals surface area contributed by atoms with Crippen LogP contribution in [0.3, 0.4) is 0 Å². The molecule has 5 nitrogen and oxygen atoms in total. The van der Waals surface area contributed by atoms with Gasteiger partial charge in [-0.1, -0.05) is 42.5 Å². The Morgan fingerprint density at radius 1 is 1.00 bits per heavy atom. The van der Waals surface area contributed by atoms with Crippen molar-refractivity contribution in [2.45, 2.75) is 6.92 Å². The molecular formula is C23H16N2O3. The number of ether oxygens (including phenoxy) is 2. The van der Waals surface area contributed by atoms with E-state index < -0.39 is 5.97 Å². The summed E-state index contributed by atoms with van der Waals surface area (Å²) in [6.45, 7) is 1.35. The molecule has 0 radical (unpaired) electrons. The number of pyridine rings is 1. The van der Waals surface area contributed by atoms with E-state index in [4.69, 9.17) is 9.47 Å². The molecule has 0 spiro atoms. The summed E-state index contributed by atoms with van der Waals surface area (Å²) < 4.78 is 13.4. The van der Waals surface area contributed by atoms with E-state index >= 15 is 0 Å². The molecule has 136 valence electrons. The lowest BCUT2D eigenvalue weighted by molar-refractivity contribution is -0.132. The van der Waals surface area contributed by atoms with Crippen LogP contribution in [0.25, 0.3) is 28.4 Å². The lowest BCUT2D eigenvalue weighted by Gasteiger charge is -2.13. The Balaban J connectivity index is 1.69. The van der Waals surface area contributed by atoms with Crippen LogP contribution in [0.4, 0.5) is 0 Å². The second-order valence-corrected chi connectivity index (χ2v) is 6.51. The lowest BCUT2D eigenvalue weighted by Crippen LogP contribution is -2.06. The normalized spacial score (nSPS) is 12.4. The molecule has 0 bridgehead atoms. The zero-order valence-electron chi connectivity index (χ0n) is 15.1. The van der Waals surface area contributed by atoms with Gasteiger partial charge in [0, 0.05) is 30.8 Å². The summed E-state index contributed by atoms with van der Waals surface area (Å²) in [7, 11) is 0. The van der Waals surface area contributed by atoms with E-state index in [1.807, 2.05) is 53.2 Å². The van der Waals surface area contributed by atoms with Gasteiger partial charge in [-0.25, -0.2) is 0 Å². The number of carbonyl (C=O) groups excluding carboxylic acids is 1. The molecule has 0 aliphatic carbocycles. The van der Waals surface area contributed by atoms with E-state index in [1.165, 1.54) is 6.92 Å². The van der Waals surface area contributed by atoms with Crippen molar-refractivity contribution >= 4 is 28.6 Å². The summed E-state index contributed by atoms with van der Waals surface area (Å²) in [6, 6.07) is 21.7. The van der Waals surface area contributed by atoms with Gasteiger partial charge in [-0.05, 0) is 29.0 Å². The highest BCUT2D eigenvalue weighted by atomic mass is 16.5. The first-order valence-corrected chi connectivity index (χ1v) is 8.94. The highest BCUT2D eigenvalue weighted by Crippen LogP contribution is 2.36. The molecule has 0 amide bonds. The van der Waals surface area contributed by atoms with Gasteiger partial charge >= 0.3 is 5.97 Å². The zero-order chi connectivity index (χ0) is 19.1. The van der Waals surface area contributed by atoms with Crippen molar-refractivity contribution in [3.05, 3.63) is 84.2 Å². The number of nitrogens with zero attached hydrogens (tertiary/aromatic N) is 2.